The number of nitrogens with one attached hydrogen (secondary N) is 1. The molecular weight excluding hydrogens is 282 g/mol. The van der Waals surface area contributed by atoms with Gasteiger partial charge in [0.1, 0.15) is 24.6 Å². The maximum Gasteiger partial charge on any atom is 0.221 e. The van der Waals surface area contributed by atoms with E-state index in [1.54, 1.807) is 0 Å². The minimum Gasteiger partial charge on any atom is -0.394 e. The molecule has 0 spiro atoms. The van der Waals surface area contributed by atoms with Crippen molar-refractivity contribution >= 4 is 22.9 Å². The van der Waals surface area contributed by atoms with Crippen molar-refractivity contribution in [2.45, 2.75) is 24.5 Å². The summed E-state index contributed by atoms with van der Waals surface area (Å²) in [7, 11) is 0. The molecule has 0 aromatic carbocycles. The quantitative estimate of drug-likeness (QED) is 0.258. The first-order valence-corrected chi connectivity index (χ1v) is 6.16. The SMILES string of the molecule is NNc1nc2c(N)ncnc2n1[C@@H]1O[C@H](CO)[C@@H](O)[C@H]1O. The lowest BCUT2D eigenvalue weighted by atomic mass is 10.1. The monoisotopic (exact) mass is 297 g/mol. The van der Waals surface area contributed by atoms with Gasteiger partial charge in [0.15, 0.2) is 23.2 Å². The molecule has 0 unspecified atom stereocenters. The minimum absolute atomic E-state index is 0.132. The van der Waals surface area contributed by atoms with Gasteiger partial charge in [-0.1, -0.05) is 0 Å². The molecule has 1 fully saturated rings. The lowest BCUT2D eigenvalue weighted by Gasteiger charge is -2.18. The Hall–Kier alpha value is -2.05. The molecule has 0 saturated carbocycles. The second-order valence-electron chi connectivity index (χ2n) is 4.61. The summed E-state index contributed by atoms with van der Waals surface area (Å²) >= 11 is 0. The van der Waals surface area contributed by atoms with E-state index in [2.05, 4.69) is 20.4 Å². The number of nitrogens with two attached hydrogens (primary N) is 2. The van der Waals surface area contributed by atoms with Crippen molar-refractivity contribution in [3.63, 3.8) is 0 Å². The number of ether oxygens (including phenoxy) is 1. The van der Waals surface area contributed by atoms with E-state index in [1.807, 2.05) is 0 Å². The van der Waals surface area contributed by atoms with Gasteiger partial charge in [0.05, 0.1) is 6.61 Å². The van der Waals surface area contributed by atoms with Crippen LogP contribution in [0.2, 0.25) is 0 Å². The van der Waals surface area contributed by atoms with E-state index in [0.717, 1.165) is 0 Å². The van der Waals surface area contributed by atoms with Crippen LogP contribution >= 0.6 is 0 Å². The van der Waals surface area contributed by atoms with Gasteiger partial charge in [-0.15, -0.1) is 0 Å². The van der Waals surface area contributed by atoms with Crippen LogP contribution in [0.4, 0.5) is 11.8 Å². The van der Waals surface area contributed by atoms with Crippen molar-refractivity contribution in [3.8, 4) is 0 Å². The zero-order chi connectivity index (χ0) is 15.1. The number of anilines is 2. The van der Waals surface area contributed by atoms with Gasteiger partial charge in [-0.25, -0.2) is 20.8 Å². The standard InChI is InChI=1S/C10H15N7O4/c11-7-4-8(14-2-13-7)17(10(15-4)16-12)9-6(20)5(19)3(1-18)21-9/h2-3,5-6,9,18-20H,1,12H2,(H,15,16)(H2,11,13,14)/t3-,5-,6-,9-/m1/s1. The van der Waals surface area contributed by atoms with Crippen LogP contribution in [0.1, 0.15) is 6.23 Å². The number of rotatable bonds is 3. The molecule has 1 aliphatic rings. The molecule has 3 heterocycles. The van der Waals surface area contributed by atoms with E-state index < -0.39 is 31.1 Å². The van der Waals surface area contributed by atoms with Crippen molar-refractivity contribution in [1.29, 1.82) is 0 Å². The number of aliphatic hydroxyl groups is 3. The third-order valence-electron chi connectivity index (χ3n) is 3.41. The first-order chi connectivity index (χ1) is 10.1. The molecule has 0 radical (unpaired) electrons. The van der Waals surface area contributed by atoms with Crippen molar-refractivity contribution in [2.24, 2.45) is 5.84 Å². The van der Waals surface area contributed by atoms with Gasteiger partial charge >= 0.3 is 0 Å². The molecule has 8 N–H and O–H groups in total. The summed E-state index contributed by atoms with van der Waals surface area (Å²) in [6.07, 6.45) is -3.25. The topological polar surface area (TPSA) is 178 Å². The van der Waals surface area contributed by atoms with Crippen molar-refractivity contribution in [2.75, 3.05) is 17.8 Å². The Balaban J connectivity index is 2.14. The molecule has 0 bridgehead atoms. The summed E-state index contributed by atoms with van der Waals surface area (Å²) in [6.45, 7) is -0.441. The fourth-order valence-corrected chi connectivity index (χ4v) is 2.36. The maximum absolute atomic E-state index is 10.1. The Labute approximate surface area is 118 Å². The fourth-order valence-electron chi connectivity index (χ4n) is 2.36. The van der Waals surface area contributed by atoms with E-state index in [-0.39, 0.29) is 22.9 Å². The highest BCUT2D eigenvalue weighted by Crippen LogP contribution is 2.34. The molecule has 114 valence electrons. The van der Waals surface area contributed by atoms with E-state index in [9.17, 15) is 10.2 Å². The highest BCUT2D eigenvalue weighted by molar-refractivity contribution is 5.84. The zero-order valence-electron chi connectivity index (χ0n) is 10.8. The van der Waals surface area contributed by atoms with Crippen LogP contribution in [-0.4, -0.2) is 59.8 Å². The normalized spacial score (nSPS) is 29.1. The molecule has 11 heteroatoms. The first-order valence-electron chi connectivity index (χ1n) is 6.16. The Morgan fingerprint density at radius 3 is 2.71 bits per heavy atom. The zero-order valence-corrected chi connectivity index (χ0v) is 10.8. The molecule has 2 aromatic rings. The van der Waals surface area contributed by atoms with E-state index in [0.29, 0.717) is 0 Å². The number of imidazole rings is 1. The molecule has 11 nitrogen and oxygen atoms in total. The number of hydrazine groups is 1. The van der Waals surface area contributed by atoms with Gasteiger partial charge < -0.3 is 25.8 Å². The average molecular weight is 297 g/mol. The summed E-state index contributed by atoms with van der Waals surface area (Å²) < 4.78 is 6.80. The smallest absolute Gasteiger partial charge is 0.221 e. The number of hydrogen-bond acceptors (Lipinski definition) is 10. The van der Waals surface area contributed by atoms with Crippen LogP contribution in [0.25, 0.3) is 11.2 Å². The Morgan fingerprint density at radius 2 is 2.10 bits per heavy atom. The highest BCUT2D eigenvalue weighted by atomic mass is 16.6. The van der Waals surface area contributed by atoms with Crippen LogP contribution in [-0.2, 0) is 4.74 Å². The van der Waals surface area contributed by atoms with Gasteiger partial charge in [-0.05, 0) is 0 Å². The molecule has 21 heavy (non-hydrogen) atoms. The van der Waals surface area contributed by atoms with Crippen LogP contribution < -0.4 is 17.0 Å². The molecule has 4 atom stereocenters. The van der Waals surface area contributed by atoms with Gasteiger partial charge in [-0.2, -0.15) is 0 Å². The summed E-state index contributed by atoms with van der Waals surface area (Å²) in [5.74, 6) is 5.68. The molecular formula is C10H15N7O4. The van der Waals surface area contributed by atoms with Gasteiger partial charge in [0.2, 0.25) is 5.95 Å². The van der Waals surface area contributed by atoms with Crippen molar-refractivity contribution in [1.82, 2.24) is 19.5 Å². The van der Waals surface area contributed by atoms with E-state index >= 15 is 0 Å². The number of fused-ring (bicyclic) bond motifs is 1. The molecule has 2 aromatic heterocycles. The predicted octanol–water partition coefficient (Wildman–Crippen LogP) is -2.69. The number of nitrogen functional groups attached to an aromatic ring is 2. The molecule has 3 rings (SSSR count). The third-order valence-corrected chi connectivity index (χ3v) is 3.41. The Kier molecular flexibility index (Phi) is 3.35. The summed E-state index contributed by atoms with van der Waals surface area (Å²) in [5.41, 5.74) is 8.63. The molecule has 0 amide bonds. The largest absolute Gasteiger partial charge is 0.394 e. The lowest BCUT2D eigenvalue weighted by molar-refractivity contribution is -0.0501. The molecule has 0 aliphatic carbocycles. The maximum atomic E-state index is 10.1. The van der Waals surface area contributed by atoms with Crippen molar-refractivity contribution in [3.05, 3.63) is 6.33 Å². The number of hydrogen-bond donors (Lipinski definition) is 6. The number of aliphatic hydroxyl groups excluding tert-OH is 3. The summed E-state index contributed by atoms with van der Waals surface area (Å²) in [5, 5.41) is 29.1. The molecule has 1 aliphatic heterocycles. The van der Waals surface area contributed by atoms with Crippen LogP contribution in [0.15, 0.2) is 6.33 Å². The predicted molar refractivity (Wildman–Crippen MR) is 70.6 cm³/mol. The minimum atomic E-state index is -1.29. The van der Waals surface area contributed by atoms with Crippen molar-refractivity contribution < 1.29 is 20.1 Å². The van der Waals surface area contributed by atoms with Gasteiger partial charge in [0, 0.05) is 0 Å². The summed E-state index contributed by atoms with van der Waals surface area (Å²) in [6, 6.07) is 0. The number of nitrogens with zero attached hydrogens (tertiary/aromatic N) is 4. The van der Waals surface area contributed by atoms with E-state index in [1.165, 1.54) is 10.9 Å². The Bertz CT molecular complexity index is 662. The third kappa shape index (κ3) is 1.99. The lowest BCUT2D eigenvalue weighted by Crippen LogP contribution is -2.33. The van der Waals surface area contributed by atoms with Crippen LogP contribution in [0.3, 0.4) is 0 Å². The average Bonchev–Trinajstić information content (AvgIpc) is 2.99. The Morgan fingerprint density at radius 1 is 1.33 bits per heavy atom. The molecule has 1 saturated heterocycles. The van der Waals surface area contributed by atoms with Crippen LogP contribution in [0, 0.1) is 0 Å². The summed E-state index contributed by atoms with van der Waals surface area (Å²) in [4.78, 5) is 12.0. The number of aromatic nitrogens is 4. The highest BCUT2D eigenvalue weighted by Gasteiger charge is 2.45. The van der Waals surface area contributed by atoms with Gasteiger partial charge in [-0.3, -0.25) is 9.99 Å². The van der Waals surface area contributed by atoms with Crippen LogP contribution in [0.5, 0.6) is 0 Å². The first kappa shape index (κ1) is 13.9. The fraction of sp³-hybridized carbons (Fsp3) is 0.500. The second-order valence-corrected chi connectivity index (χ2v) is 4.61. The van der Waals surface area contributed by atoms with Gasteiger partial charge in [0.25, 0.3) is 0 Å². The second kappa shape index (κ2) is 5.05. The van der Waals surface area contributed by atoms with E-state index in [4.69, 9.17) is 21.4 Å².